The van der Waals surface area contributed by atoms with Gasteiger partial charge >= 0.3 is 0 Å². The van der Waals surface area contributed by atoms with Crippen LogP contribution in [0, 0.1) is 11.3 Å². The minimum absolute atomic E-state index is 0.0538. The van der Waals surface area contributed by atoms with Gasteiger partial charge in [0.2, 0.25) is 5.91 Å². The van der Waals surface area contributed by atoms with Crippen LogP contribution in [0.1, 0.15) is 16.7 Å². The fourth-order valence-electron chi connectivity index (χ4n) is 4.96. The van der Waals surface area contributed by atoms with Crippen LogP contribution in [0.2, 0.25) is 0 Å². The van der Waals surface area contributed by atoms with Gasteiger partial charge in [0.25, 0.3) is 0 Å². The number of carbonyl (C=O) groups is 1. The Labute approximate surface area is 185 Å². The summed E-state index contributed by atoms with van der Waals surface area (Å²) in [5.41, 5.74) is 2.92. The van der Waals surface area contributed by atoms with E-state index < -0.39 is 5.41 Å². The minimum atomic E-state index is -1.02. The van der Waals surface area contributed by atoms with Crippen LogP contribution in [-0.4, -0.2) is 50.8 Å². The highest BCUT2D eigenvalue weighted by atomic mass is 16.6. The summed E-state index contributed by atoms with van der Waals surface area (Å²) in [5.74, 6) is 1.81. The molecule has 0 saturated heterocycles. The molecule has 6 rings (SSSR count). The Bertz CT molecular complexity index is 1260. The number of likely N-dealkylation sites (N-methyl/N-ethyl adjacent to an activating group) is 1. The molecule has 2 aromatic carbocycles. The Morgan fingerprint density at radius 3 is 2.66 bits per heavy atom. The van der Waals surface area contributed by atoms with E-state index in [0.717, 1.165) is 29.1 Å². The van der Waals surface area contributed by atoms with Crippen LogP contribution in [0.5, 0.6) is 17.2 Å². The molecule has 1 unspecified atom stereocenters. The molecule has 0 N–H and O–H groups in total. The van der Waals surface area contributed by atoms with E-state index >= 15 is 0 Å². The molecule has 1 spiro atoms. The second-order valence-electron chi connectivity index (χ2n) is 8.39. The number of amides is 1. The van der Waals surface area contributed by atoms with Crippen molar-refractivity contribution in [3.8, 4) is 23.3 Å². The third-order valence-electron chi connectivity index (χ3n) is 6.65. The molecule has 7 nitrogen and oxygen atoms in total. The highest BCUT2D eigenvalue weighted by molar-refractivity contribution is 6.12. The standard InChI is InChI=1S/C25H21N3O4/c1-27-7-3-2-4-17(27)14-28-20-6-5-16(13-26)10-18(20)25(24(28)29)15-32-21-12-23-22(11-19(21)25)30-8-9-31-23/h2-6,10-12H,7-9,14-15H2,1H3. The summed E-state index contributed by atoms with van der Waals surface area (Å²) in [4.78, 5) is 18.1. The van der Waals surface area contributed by atoms with E-state index in [1.54, 1.807) is 6.07 Å². The summed E-state index contributed by atoms with van der Waals surface area (Å²) in [6.45, 7) is 2.37. The predicted molar refractivity (Wildman–Crippen MR) is 117 cm³/mol. The molecule has 0 saturated carbocycles. The van der Waals surface area contributed by atoms with Crippen LogP contribution < -0.4 is 19.1 Å². The third-order valence-corrected chi connectivity index (χ3v) is 6.65. The highest BCUT2D eigenvalue weighted by Gasteiger charge is 2.57. The molecular weight excluding hydrogens is 406 g/mol. The van der Waals surface area contributed by atoms with Crippen molar-refractivity contribution < 1.29 is 19.0 Å². The van der Waals surface area contributed by atoms with Gasteiger partial charge in [-0.25, -0.2) is 0 Å². The van der Waals surface area contributed by atoms with Crippen molar-refractivity contribution in [2.24, 2.45) is 0 Å². The van der Waals surface area contributed by atoms with Crippen LogP contribution in [0.25, 0.3) is 0 Å². The number of benzene rings is 2. The minimum Gasteiger partial charge on any atom is -0.491 e. The number of hydrogen-bond donors (Lipinski definition) is 0. The Morgan fingerprint density at radius 1 is 1.06 bits per heavy atom. The zero-order valence-electron chi connectivity index (χ0n) is 17.6. The largest absolute Gasteiger partial charge is 0.491 e. The number of hydrogen-bond acceptors (Lipinski definition) is 6. The molecular formula is C25H21N3O4. The molecule has 4 aliphatic rings. The Kier molecular flexibility index (Phi) is 3.99. The first kappa shape index (κ1) is 18.8. The van der Waals surface area contributed by atoms with Crippen molar-refractivity contribution in [3.63, 3.8) is 0 Å². The Morgan fingerprint density at radius 2 is 1.88 bits per heavy atom. The molecule has 32 heavy (non-hydrogen) atoms. The fraction of sp³-hybridized carbons (Fsp3) is 0.280. The van der Waals surface area contributed by atoms with E-state index in [1.807, 2.05) is 48.4 Å². The van der Waals surface area contributed by atoms with Crippen molar-refractivity contribution in [1.29, 1.82) is 5.26 Å². The smallest absolute Gasteiger partial charge is 0.246 e. The van der Waals surface area contributed by atoms with E-state index in [-0.39, 0.29) is 12.5 Å². The van der Waals surface area contributed by atoms with E-state index in [2.05, 4.69) is 17.0 Å². The van der Waals surface area contributed by atoms with Gasteiger partial charge in [0.15, 0.2) is 11.5 Å². The molecule has 0 bridgehead atoms. The first-order valence-corrected chi connectivity index (χ1v) is 10.6. The van der Waals surface area contributed by atoms with Gasteiger partial charge in [-0.1, -0.05) is 12.2 Å². The molecule has 2 aromatic rings. The fourth-order valence-corrected chi connectivity index (χ4v) is 4.96. The zero-order chi connectivity index (χ0) is 21.9. The van der Waals surface area contributed by atoms with Gasteiger partial charge in [-0.05, 0) is 30.3 Å². The monoisotopic (exact) mass is 427 g/mol. The number of allylic oxidation sites excluding steroid dienone is 2. The summed E-state index contributed by atoms with van der Waals surface area (Å²) >= 11 is 0. The molecule has 1 amide bonds. The zero-order valence-corrected chi connectivity index (χ0v) is 17.6. The second-order valence-corrected chi connectivity index (χ2v) is 8.39. The van der Waals surface area contributed by atoms with Gasteiger partial charge in [-0.2, -0.15) is 5.26 Å². The van der Waals surface area contributed by atoms with Gasteiger partial charge < -0.3 is 24.0 Å². The van der Waals surface area contributed by atoms with Gasteiger partial charge in [0.05, 0.1) is 18.2 Å². The van der Waals surface area contributed by atoms with Crippen LogP contribution in [-0.2, 0) is 10.2 Å². The number of ether oxygens (including phenoxy) is 3. The summed E-state index contributed by atoms with van der Waals surface area (Å²) in [7, 11) is 2.02. The number of rotatable bonds is 2. The highest BCUT2D eigenvalue weighted by Crippen LogP contribution is 2.55. The van der Waals surface area contributed by atoms with Crippen molar-refractivity contribution in [3.05, 3.63) is 70.9 Å². The summed E-state index contributed by atoms with van der Waals surface area (Å²) in [6, 6.07) is 11.3. The average molecular weight is 427 g/mol. The first-order valence-electron chi connectivity index (χ1n) is 10.6. The number of anilines is 1. The quantitative estimate of drug-likeness (QED) is 0.734. The van der Waals surface area contributed by atoms with Crippen molar-refractivity contribution >= 4 is 11.6 Å². The molecule has 160 valence electrons. The van der Waals surface area contributed by atoms with Crippen LogP contribution >= 0.6 is 0 Å². The molecule has 0 aromatic heterocycles. The average Bonchev–Trinajstić information content (AvgIpc) is 3.30. The van der Waals surface area contributed by atoms with Crippen LogP contribution in [0.4, 0.5) is 5.69 Å². The molecule has 0 fully saturated rings. The Hall–Kier alpha value is -3.92. The molecule has 1 atom stereocenters. The second kappa shape index (κ2) is 6.79. The van der Waals surface area contributed by atoms with Gasteiger partial charge in [-0.3, -0.25) is 4.79 Å². The van der Waals surface area contributed by atoms with Gasteiger partial charge in [-0.15, -0.1) is 0 Å². The molecule has 0 aliphatic carbocycles. The molecule has 4 aliphatic heterocycles. The summed E-state index contributed by atoms with van der Waals surface area (Å²) < 4.78 is 17.6. The normalized spacial score (nSPS) is 22.4. The molecule has 7 heteroatoms. The topological polar surface area (TPSA) is 75.0 Å². The first-order chi connectivity index (χ1) is 15.6. The lowest BCUT2D eigenvalue weighted by Gasteiger charge is -2.29. The van der Waals surface area contributed by atoms with Crippen molar-refractivity contribution in [2.45, 2.75) is 5.41 Å². The maximum absolute atomic E-state index is 14.1. The SMILES string of the molecule is CN1CC=CC=C1CN1C(=O)C2(COc3cc4c(cc32)OCCO4)c2cc(C#N)ccc21. The number of nitriles is 1. The van der Waals surface area contributed by atoms with E-state index in [0.29, 0.717) is 42.6 Å². The van der Waals surface area contributed by atoms with Crippen LogP contribution in [0.15, 0.2) is 54.3 Å². The number of fused-ring (bicyclic) bond motifs is 5. The maximum atomic E-state index is 14.1. The lowest BCUT2D eigenvalue weighted by atomic mass is 9.76. The number of carbonyl (C=O) groups excluding carboxylic acids is 1. The Balaban J connectivity index is 1.52. The molecule has 4 heterocycles. The summed E-state index contributed by atoms with van der Waals surface area (Å²) in [6.07, 6.45) is 6.13. The van der Waals surface area contributed by atoms with Crippen molar-refractivity contribution in [1.82, 2.24) is 4.90 Å². The van der Waals surface area contributed by atoms with Gasteiger partial charge in [0.1, 0.15) is 31.0 Å². The van der Waals surface area contributed by atoms with E-state index in [9.17, 15) is 10.1 Å². The lowest BCUT2D eigenvalue weighted by molar-refractivity contribution is -0.122. The third kappa shape index (κ3) is 2.50. The van der Waals surface area contributed by atoms with Crippen molar-refractivity contribution in [2.75, 3.05) is 44.9 Å². The van der Waals surface area contributed by atoms with E-state index in [4.69, 9.17) is 14.2 Å². The van der Waals surface area contributed by atoms with E-state index in [1.165, 1.54) is 0 Å². The summed E-state index contributed by atoms with van der Waals surface area (Å²) in [5, 5.41) is 9.54. The maximum Gasteiger partial charge on any atom is 0.246 e. The molecule has 0 radical (unpaired) electrons. The predicted octanol–water partition coefficient (Wildman–Crippen LogP) is 2.74. The van der Waals surface area contributed by atoms with Gasteiger partial charge in [0, 0.05) is 42.2 Å². The number of nitrogens with zero attached hydrogens (tertiary/aromatic N) is 3. The van der Waals surface area contributed by atoms with Crippen LogP contribution in [0.3, 0.4) is 0 Å². The lowest BCUT2D eigenvalue weighted by Crippen LogP contribution is -2.44.